The molecule has 0 bridgehead atoms. The number of fused-ring (bicyclic) bond motifs is 3. The van der Waals surface area contributed by atoms with Crippen molar-refractivity contribution < 1.29 is 13.6 Å². The van der Waals surface area contributed by atoms with Crippen molar-refractivity contribution in [3.05, 3.63) is 65.2 Å². The van der Waals surface area contributed by atoms with Crippen molar-refractivity contribution in [2.45, 2.75) is 0 Å². The second kappa shape index (κ2) is 4.77. The highest BCUT2D eigenvalue weighted by atomic mass is 16.5. The molecule has 0 saturated carbocycles. The molecular weight excluding hydrogens is 280 g/mol. The van der Waals surface area contributed by atoms with E-state index < -0.39 is 0 Å². The summed E-state index contributed by atoms with van der Waals surface area (Å²) in [4.78, 5) is 12.3. The SMILES string of the molecule is COc1cc2oc(=O)c(-c3ccccc3)cc2c2occc12. The largest absolute Gasteiger partial charge is 0.496 e. The van der Waals surface area contributed by atoms with E-state index in [0.717, 1.165) is 16.3 Å². The number of hydrogen-bond donors (Lipinski definition) is 0. The molecule has 0 spiro atoms. The third-order valence-electron chi connectivity index (χ3n) is 3.72. The van der Waals surface area contributed by atoms with Crippen LogP contribution in [0.2, 0.25) is 0 Å². The molecule has 0 unspecified atom stereocenters. The highest BCUT2D eigenvalue weighted by molar-refractivity contribution is 6.06. The lowest BCUT2D eigenvalue weighted by atomic mass is 10.0. The minimum atomic E-state index is -0.383. The summed E-state index contributed by atoms with van der Waals surface area (Å²) in [5, 5.41) is 1.60. The lowest BCUT2D eigenvalue weighted by molar-refractivity contribution is 0.419. The number of methoxy groups -OCH3 is 1. The maximum absolute atomic E-state index is 12.3. The Bertz CT molecular complexity index is 1030. The summed E-state index contributed by atoms with van der Waals surface area (Å²) < 4.78 is 16.4. The molecule has 0 aliphatic heterocycles. The number of benzene rings is 2. The summed E-state index contributed by atoms with van der Waals surface area (Å²) in [6.45, 7) is 0. The molecule has 0 fully saturated rings. The molecule has 0 atom stereocenters. The monoisotopic (exact) mass is 292 g/mol. The molecule has 108 valence electrons. The van der Waals surface area contributed by atoms with E-state index in [0.29, 0.717) is 22.5 Å². The number of hydrogen-bond acceptors (Lipinski definition) is 4. The molecule has 2 aromatic carbocycles. The van der Waals surface area contributed by atoms with E-state index in [-0.39, 0.29) is 5.63 Å². The van der Waals surface area contributed by atoms with E-state index >= 15 is 0 Å². The van der Waals surface area contributed by atoms with Gasteiger partial charge in [0.15, 0.2) is 0 Å². The Hall–Kier alpha value is -3.01. The van der Waals surface area contributed by atoms with Gasteiger partial charge in [0.1, 0.15) is 16.9 Å². The topological polar surface area (TPSA) is 52.6 Å². The zero-order valence-electron chi connectivity index (χ0n) is 11.8. The molecule has 0 aliphatic carbocycles. The molecule has 0 amide bonds. The first-order chi connectivity index (χ1) is 10.8. The number of ether oxygens (including phenoxy) is 1. The molecule has 0 radical (unpaired) electrons. The lowest BCUT2D eigenvalue weighted by Gasteiger charge is -2.06. The van der Waals surface area contributed by atoms with Crippen LogP contribution in [-0.4, -0.2) is 7.11 Å². The van der Waals surface area contributed by atoms with Crippen LogP contribution in [0.15, 0.2) is 68.4 Å². The zero-order chi connectivity index (χ0) is 15.1. The first-order valence-corrected chi connectivity index (χ1v) is 6.85. The molecule has 0 N–H and O–H groups in total. The van der Waals surface area contributed by atoms with Gasteiger partial charge in [-0.3, -0.25) is 0 Å². The van der Waals surface area contributed by atoms with Crippen molar-refractivity contribution in [1.29, 1.82) is 0 Å². The van der Waals surface area contributed by atoms with Gasteiger partial charge in [0.25, 0.3) is 0 Å². The van der Waals surface area contributed by atoms with Crippen molar-refractivity contribution in [2.75, 3.05) is 7.11 Å². The molecule has 4 nitrogen and oxygen atoms in total. The fourth-order valence-corrected chi connectivity index (χ4v) is 2.67. The van der Waals surface area contributed by atoms with E-state index in [9.17, 15) is 4.79 Å². The van der Waals surface area contributed by atoms with Crippen LogP contribution in [0.4, 0.5) is 0 Å². The van der Waals surface area contributed by atoms with Crippen molar-refractivity contribution >= 4 is 21.9 Å². The van der Waals surface area contributed by atoms with Gasteiger partial charge in [-0.25, -0.2) is 4.79 Å². The quantitative estimate of drug-likeness (QED) is 0.519. The van der Waals surface area contributed by atoms with E-state index in [2.05, 4.69) is 0 Å². The maximum atomic E-state index is 12.3. The summed E-state index contributed by atoms with van der Waals surface area (Å²) >= 11 is 0. The minimum Gasteiger partial charge on any atom is -0.496 e. The summed E-state index contributed by atoms with van der Waals surface area (Å²) in [6, 6.07) is 14.8. The van der Waals surface area contributed by atoms with Gasteiger partial charge in [0.2, 0.25) is 0 Å². The maximum Gasteiger partial charge on any atom is 0.344 e. The molecular formula is C18H12O4. The zero-order valence-corrected chi connectivity index (χ0v) is 11.8. The van der Waals surface area contributed by atoms with Crippen LogP contribution in [0, 0.1) is 0 Å². The van der Waals surface area contributed by atoms with Gasteiger partial charge in [-0.05, 0) is 17.7 Å². The smallest absolute Gasteiger partial charge is 0.344 e. The van der Waals surface area contributed by atoms with Gasteiger partial charge >= 0.3 is 5.63 Å². The first kappa shape index (κ1) is 12.7. The standard InChI is InChI=1S/C18H12O4/c1-20-15-10-16-14(17-12(15)7-8-21-17)9-13(18(19)22-16)11-5-3-2-4-6-11/h2-10H,1H3. The summed E-state index contributed by atoms with van der Waals surface area (Å²) in [5.41, 5.74) is 2.04. The second-order valence-electron chi connectivity index (χ2n) is 4.97. The van der Waals surface area contributed by atoms with E-state index in [4.69, 9.17) is 13.6 Å². The van der Waals surface area contributed by atoms with E-state index in [1.807, 2.05) is 42.5 Å². The van der Waals surface area contributed by atoms with Gasteiger partial charge in [0.05, 0.1) is 29.7 Å². The van der Waals surface area contributed by atoms with Crippen LogP contribution in [-0.2, 0) is 0 Å². The van der Waals surface area contributed by atoms with Crippen LogP contribution in [0.3, 0.4) is 0 Å². The fourth-order valence-electron chi connectivity index (χ4n) is 2.67. The highest BCUT2D eigenvalue weighted by Crippen LogP contribution is 2.35. The molecule has 2 aromatic heterocycles. The van der Waals surface area contributed by atoms with Crippen LogP contribution >= 0.6 is 0 Å². The molecule has 0 aliphatic rings. The predicted octanol–water partition coefficient (Wildman–Crippen LogP) is 4.21. The van der Waals surface area contributed by atoms with Crippen LogP contribution < -0.4 is 10.4 Å². The normalized spacial score (nSPS) is 11.1. The van der Waals surface area contributed by atoms with Crippen molar-refractivity contribution in [3.63, 3.8) is 0 Å². The van der Waals surface area contributed by atoms with Gasteiger partial charge in [-0.15, -0.1) is 0 Å². The molecule has 0 saturated heterocycles. The van der Waals surface area contributed by atoms with Crippen molar-refractivity contribution in [3.8, 4) is 16.9 Å². The van der Waals surface area contributed by atoms with Gasteiger partial charge in [0, 0.05) is 6.07 Å². The number of rotatable bonds is 2. The lowest BCUT2D eigenvalue weighted by Crippen LogP contribution is -2.02. The number of furan rings is 1. The molecule has 4 rings (SSSR count). The summed E-state index contributed by atoms with van der Waals surface area (Å²) in [5.74, 6) is 0.617. The molecule has 4 aromatic rings. The summed E-state index contributed by atoms with van der Waals surface area (Å²) in [6.07, 6.45) is 1.60. The van der Waals surface area contributed by atoms with E-state index in [1.165, 1.54) is 0 Å². The Balaban J connectivity index is 2.11. The third-order valence-corrected chi connectivity index (χ3v) is 3.72. The van der Waals surface area contributed by atoms with E-state index in [1.54, 1.807) is 19.4 Å². The minimum absolute atomic E-state index is 0.383. The Morgan fingerprint density at radius 3 is 2.59 bits per heavy atom. The Kier molecular flexibility index (Phi) is 2.76. The van der Waals surface area contributed by atoms with Crippen LogP contribution in [0.5, 0.6) is 5.75 Å². The third kappa shape index (κ3) is 1.81. The molecule has 22 heavy (non-hydrogen) atoms. The van der Waals surface area contributed by atoms with Gasteiger partial charge in [-0.1, -0.05) is 30.3 Å². The Morgan fingerprint density at radius 1 is 1.00 bits per heavy atom. The molecule has 2 heterocycles. The second-order valence-corrected chi connectivity index (χ2v) is 4.97. The average Bonchev–Trinajstić information content (AvgIpc) is 3.04. The summed E-state index contributed by atoms with van der Waals surface area (Å²) in [7, 11) is 1.57. The Labute approximate surface area is 125 Å². The molecule has 4 heteroatoms. The predicted molar refractivity (Wildman–Crippen MR) is 84.2 cm³/mol. The Morgan fingerprint density at radius 2 is 1.82 bits per heavy atom. The van der Waals surface area contributed by atoms with Gasteiger partial charge < -0.3 is 13.6 Å². The average molecular weight is 292 g/mol. The van der Waals surface area contributed by atoms with Crippen molar-refractivity contribution in [1.82, 2.24) is 0 Å². The highest BCUT2D eigenvalue weighted by Gasteiger charge is 2.15. The fraction of sp³-hybridized carbons (Fsp3) is 0.0556. The van der Waals surface area contributed by atoms with Crippen molar-refractivity contribution in [2.24, 2.45) is 0 Å². The van der Waals surface area contributed by atoms with Crippen LogP contribution in [0.1, 0.15) is 0 Å². The first-order valence-electron chi connectivity index (χ1n) is 6.85. The van der Waals surface area contributed by atoms with Crippen LogP contribution in [0.25, 0.3) is 33.1 Å². The van der Waals surface area contributed by atoms with Gasteiger partial charge in [-0.2, -0.15) is 0 Å².